The normalized spacial score (nSPS) is 9.74. The Morgan fingerprint density at radius 1 is 0.667 bits per heavy atom. The average Bonchev–Trinajstić information content (AvgIpc) is 2.68. The maximum Gasteiger partial charge on any atom is 0.0279 e. The van der Waals surface area contributed by atoms with E-state index >= 15 is 0 Å². The summed E-state index contributed by atoms with van der Waals surface area (Å²) in [7, 11) is 1.95. The Kier molecular flexibility index (Phi) is 6.11. The van der Waals surface area contributed by atoms with Crippen LogP contribution in [0.25, 0.3) is 0 Å². The molecule has 0 unspecified atom stereocenters. The molecule has 0 aliphatic rings. The molecular weight excluding hydrogens is 326 g/mol. The summed E-state index contributed by atoms with van der Waals surface area (Å²) in [6.07, 6.45) is 0. The molecule has 0 spiro atoms. The van der Waals surface area contributed by atoms with E-state index in [2.05, 4.69) is 104 Å². The van der Waals surface area contributed by atoms with Crippen LogP contribution in [0, 0.1) is 37.5 Å². The van der Waals surface area contributed by atoms with Gasteiger partial charge in [-0.1, -0.05) is 53.5 Å². The van der Waals surface area contributed by atoms with Gasteiger partial charge in [-0.25, -0.2) is 0 Å². The highest BCUT2D eigenvalue weighted by atomic mass is 14.8. The first-order valence-electron chi connectivity index (χ1n) is 9.09. The summed E-state index contributed by atoms with van der Waals surface area (Å²) < 4.78 is 0. The van der Waals surface area contributed by atoms with Crippen LogP contribution in [0.2, 0.25) is 0 Å². The lowest BCUT2D eigenvalue weighted by molar-refractivity contribution is 0.818. The molecular formula is C26H23N. The minimum Gasteiger partial charge on any atom is -0.316 e. The van der Waals surface area contributed by atoms with E-state index in [9.17, 15) is 0 Å². The lowest BCUT2D eigenvalue weighted by atomic mass is 10.0. The fraction of sp³-hybridized carbons (Fsp3) is 0.154. The first-order valence-corrected chi connectivity index (χ1v) is 9.09. The number of aryl methyl sites for hydroxylation is 2. The lowest BCUT2D eigenvalue weighted by Crippen LogP contribution is -2.04. The van der Waals surface area contributed by atoms with Crippen LogP contribution in [0.4, 0.5) is 0 Å². The standard InChI is InChI=1S/C26H23N/c1-20-4-6-22(7-5-20)8-11-24-15-17-26(21(2)18-24)16-14-23-9-12-25(13-10-23)19-27-3/h4-7,9-10,12-13,15,17-18,27H,19H2,1-3H3. The van der Waals surface area contributed by atoms with E-state index in [-0.39, 0.29) is 0 Å². The zero-order valence-electron chi connectivity index (χ0n) is 16.1. The third kappa shape index (κ3) is 5.35. The van der Waals surface area contributed by atoms with E-state index in [1.807, 2.05) is 13.1 Å². The summed E-state index contributed by atoms with van der Waals surface area (Å²) in [4.78, 5) is 0. The molecule has 132 valence electrons. The first kappa shape index (κ1) is 18.5. The van der Waals surface area contributed by atoms with E-state index in [1.54, 1.807) is 0 Å². The Bertz CT molecular complexity index is 1030. The summed E-state index contributed by atoms with van der Waals surface area (Å²) in [5.41, 5.74) is 7.75. The van der Waals surface area contributed by atoms with Crippen molar-refractivity contribution in [3.63, 3.8) is 0 Å². The quantitative estimate of drug-likeness (QED) is 0.654. The van der Waals surface area contributed by atoms with Gasteiger partial charge in [-0.05, 0) is 74.5 Å². The molecule has 3 rings (SSSR count). The molecule has 0 radical (unpaired) electrons. The van der Waals surface area contributed by atoms with Crippen molar-refractivity contribution in [1.82, 2.24) is 5.32 Å². The molecule has 0 aliphatic carbocycles. The molecule has 0 fully saturated rings. The van der Waals surface area contributed by atoms with Crippen molar-refractivity contribution >= 4 is 0 Å². The smallest absolute Gasteiger partial charge is 0.0279 e. The van der Waals surface area contributed by atoms with Crippen LogP contribution in [-0.2, 0) is 6.54 Å². The van der Waals surface area contributed by atoms with E-state index in [0.717, 1.165) is 34.4 Å². The molecule has 3 aromatic rings. The zero-order chi connectivity index (χ0) is 19.1. The second-order valence-electron chi connectivity index (χ2n) is 6.62. The van der Waals surface area contributed by atoms with Crippen molar-refractivity contribution in [1.29, 1.82) is 0 Å². The molecule has 0 heterocycles. The molecule has 1 N–H and O–H groups in total. The van der Waals surface area contributed by atoms with Crippen molar-refractivity contribution in [2.45, 2.75) is 20.4 Å². The van der Waals surface area contributed by atoms with Crippen LogP contribution in [-0.4, -0.2) is 7.05 Å². The van der Waals surface area contributed by atoms with Crippen LogP contribution in [0.3, 0.4) is 0 Å². The van der Waals surface area contributed by atoms with E-state index in [0.29, 0.717) is 0 Å². The molecule has 3 aromatic carbocycles. The number of rotatable bonds is 2. The summed E-state index contributed by atoms with van der Waals surface area (Å²) >= 11 is 0. The molecule has 1 heteroatoms. The monoisotopic (exact) mass is 349 g/mol. The lowest BCUT2D eigenvalue weighted by Gasteiger charge is -2.00. The van der Waals surface area contributed by atoms with Gasteiger partial charge in [-0.3, -0.25) is 0 Å². The van der Waals surface area contributed by atoms with Crippen molar-refractivity contribution in [2.24, 2.45) is 0 Å². The third-order valence-corrected chi connectivity index (χ3v) is 4.31. The van der Waals surface area contributed by atoms with Gasteiger partial charge in [0.25, 0.3) is 0 Å². The summed E-state index contributed by atoms with van der Waals surface area (Å²) in [5, 5.41) is 3.15. The summed E-state index contributed by atoms with van der Waals surface area (Å²) in [6, 6.07) is 22.8. The first-order chi connectivity index (χ1) is 13.1. The highest BCUT2D eigenvalue weighted by molar-refractivity contribution is 5.51. The van der Waals surface area contributed by atoms with E-state index in [4.69, 9.17) is 0 Å². The molecule has 0 bridgehead atoms. The summed E-state index contributed by atoms with van der Waals surface area (Å²) in [5.74, 6) is 13.0. The predicted octanol–water partition coefficient (Wildman–Crippen LogP) is 4.82. The Balaban J connectivity index is 1.75. The number of hydrogen-bond acceptors (Lipinski definition) is 1. The summed E-state index contributed by atoms with van der Waals surface area (Å²) in [6.45, 7) is 5.03. The van der Waals surface area contributed by atoms with Gasteiger partial charge in [0, 0.05) is 28.8 Å². The Hall–Kier alpha value is -3.26. The van der Waals surface area contributed by atoms with Gasteiger partial charge >= 0.3 is 0 Å². The van der Waals surface area contributed by atoms with Crippen LogP contribution < -0.4 is 5.32 Å². The third-order valence-electron chi connectivity index (χ3n) is 4.31. The second kappa shape index (κ2) is 8.91. The van der Waals surface area contributed by atoms with Gasteiger partial charge in [0.05, 0.1) is 0 Å². The predicted molar refractivity (Wildman–Crippen MR) is 114 cm³/mol. The minimum absolute atomic E-state index is 0.873. The Morgan fingerprint density at radius 2 is 1.22 bits per heavy atom. The molecule has 1 nitrogen and oxygen atoms in total. The topological polar surface area (TPSA) is 12.0 Å². The molecule has 0 atom stereocenters. The SMILES string of the molecule is CNCc1ccc(C#Cc2ccc(C#Cc3ccc(C)cc3)cc2C)cc1. The van der Waals surface area contributed by atoms with Crippen LogP contribution in [0.5, 0.6) is 0 Å². The number of hydrogen-bond donors (Lipinski definition) is 1. The fourth-order valence-electron chi connectivity index (χ4n) is 2.71. The Morgan fingerprint density at radius 3 is 1.85 bits per heavy atom. The van der Waals surface area contributed by atoms with E-state index < -0.39 is 0 Å². The van der Waals surface area contributed by atoms with Crippen LogP contribution in [0.1, 0.15) is 38.9 Å². The molecule has 0 aromatic heterocycles. The fourth-order valence-corrected chi connectivity index (χ4v) is 2.71. The molecule has 0 aliphatic heterocycles. The van der Waals surface area contributed by atoms with Crippen LogP contribution in [0.15, 0.2) is 66.7 Å². The average molecular weight is 349 g/mol. The maximum atomic E-state index is 3.27. The van der Waals surface area contributed by atoms with Crippen LogP contribution >= 0.6 is 0 Å². The highest BCUT2D eigenvalue weighted by Gasteiger charge is 1.97. The largest absolute Gasteiger partial charge is 0.316 e. The van der Waals surface area contributed by atoms with Gasteiger partial charge in [-0.15, -0.1) is 0 Å². The van der Waals surface area contributed by atoms with Gasteiger partial charge in [0.1, 0.15) is 0 Å². The highest BCUT2D eigenvalue weighted by Crippen LogP contribution is 2.11. The minimum atomic E-state index is 0.873. The van der Waals surface area contributed by atoms with Crippen molar-refractivity contribution in [2.75, 3.05) is 7.05 Å². The van der Waals surface area contributed by atoms with Crippen molar-refractivity contribution < 1.29 is 0 Å². The maximum absolute atomic E-state index is 3.27. The number of nitrogens with one attached hydrogen (secondary N) is 1. The van der Waals surface area contributed by atoms with Gasteiger partial charge in [-0.2, -0.15) is 0 Å². The van der Waals surface area contributed by atoms with E-state index in [1.165, 1.54) is 11.1 Å². The van der Waals surface area contributed by atoms with Gasteiger partial charge < -0.3 is 5.32 Å². The molecule has 27 heavy (non-hydrogen) atoms. The Labute approximate surface area is 162 Å². The second-order valence-corrected chi connectivity index (χ2v) is 6.62. The molecule has 0 saturated heterocycles. The number of benzene rings is 3. The van der Waals surface area contributed by atoms with Crippen molar-refractivity contribution in [3.8, 4) is 23.7 Å². The molecule has 0 saturated carbocycles. The van der Waals surface area contributed by atoms with Gasteiger partial charge in [0.15, 0.2) is 0 Å². The van der Waals surface area contributed by atoms with Gasteiger partial charge in [0.2, 0.25) is 0 Å². The van der Waals surface area contributed by atoms with Crippen molar-refractivity contribution in [3.05, 3.63) is 106 Å². The molecule has 0 amide bonds. The zero-order valence-corrected chi connectivity index (χ0v) is 16.1.